The molecule has 7 rings (SSSR count). The van der Waals surface area contributed by atoms with E-state index in [0.717, 1.165) is 0 Å². The summed E-state index contributed by atoms with van der Waals surface area (Å²) in [6.45, 7) is 0. The summed E-state index contributed by atoms with van der Waals surface area (Å²) in [6, 6.07) is 0. The Kier molecular flexibility index (Phi) is 24.0. The monoisotopic (exact) mass is 1700 g/mol. The highest BCUT2D eigenvalue weighted by Crippen LogP contribution is 2.65. The van der Waals surface area contributed by atoms with Crippen molar-refractivity contribution < 1.29 is 0 Å². The molecule has 0 aliphatic carbocycles. The van der Waals surface area contributed by atoms with E-state index in [4.69, 9.17) is 383 Å². The lowest BCUT2D eigenvalue weighted by Crippen LogP contribution is -2.18. The van der Waals surface area contributed by atoms with Crippen molar-refractivity contribution in [2.45, 2.75) is 11.8 Å². The first kappa shape index (κ1) is 69.6. The lowest BCUT2D eigenvalue weighted by Gasteiger charge is -2.35. The molecule has 0 bridgehead atoms. The fourth-order valence-corrected chi connectivity index (χ4v) is 17.3. The molecule has 413 valence electrons. The Labute approximate surface area is 607 Å². The number of rotatable bonds is 9. The van der Waals surface area contributed by atoms with Gasteiger partial charge < -0.3 is 0 Å². The van der Waals surface area contributed by atoms with Crippen molar-refractivity contribution in [1.82, 2.24) is 0 Å². The average Bonchev–Trinajstić information content (AvgIpc) is 3.58. The molecule has 0 fully saturated rings. The van der Waals surface area contributed by atoms with Crippen molar-refractivity contribution in [2.24, 2.45) is 0 Å². The molecule has 1 radical (unpaired) electrons. The minimum Gasteiger partial charge on any atom is -0.0836 e. The van der Waals surface area contributed by atoms with Crippen molar-refractivity contribution >= 4 is 383 Å². The van der Waals surface area contributed by atoms with Gasteiger partial charge in [-0.3, -0.25) is 0 Å². The zero-order chi connectivity index (χ0) is 59.0. The topological polar surface area (TPSA) is 0 Å². The molecular formula is C45H2Cl33. The van der Waals surface area contributed by atoms with E-state index >= 15 is 0 Å². The first-order chi connectivity index (χ1) is 36.1. The number of benzene rings is 7. The van der Waals surface area contributed by atoms with Gasteiger partial charge in [0.05, 0.1) is 172 Å². The smallest absolute Gasteiger partial charge is 0.0809 e. The third-order valence-corrected chi connectivity index (χ3v) is 26.2. The first-order valence-corrected chi connectivity index (χ1v) is 31.7. The lowest BCUT2D eigenvalue weighted by atomic mass is 9.75. The van der Waals surface area contributed by atoms with Gasteiger partial charge in [0.1, 0.15) is 0 Å². The Balaban J connectivity index is 1.99. The van der Waals surface area contributed by atoms with E-state index in [0.29, 0.717) is 0 Å². The Bertz CT molecular complexity index is 3020. The van der Waals surface area contributed by atoms with Gasteiger partial charge in [-0.25, -0.2) is 0 Å². The van der Waals surface area contributed by atoms with Gasteiger partial charge in [0.2, 0.25) is 0 Å². The van der Waals surface area contributed by atoms with Crippen LogP contribution in [0.3, 0.4) is 0 Å². The summed E-state index contributed by atoms with van der Waals surface area (Å²) in [4.78, 5) is 0. The lowest BCUT2D eigenvalue weighted by molar-refractivity contribution is 0.935. The molecule has 0 aliphatic rings. The molecular weight excluding hydrogens is 1710 g/mol. The van der Waals surface area contributed by atoms with Gasteiger partial charge in [-0.15, -0.1) is 0 Å². The minimum atomic E-state index is -1.92. The highest BCUT2D eigenvalue weighted by Gasteiger charge is 2.45. The summed E-state index contributed by atoms with van der Waals surface area (Å²) < 4.78 is 0. The molecule has 0 spiro atoms. The van der Waals surface area contributed by atoms with Gasteiger partial charge in [-0.1, -0.05) is 383 Å². The molecule has 0 amide bonds. The second-order valence-electron chi connectivity index (χ2n) is 15.2. The Morgan fingerprint density at radius 1 is 0.128 bits per heavy atom. The number of hydrogen-bond acceptors (Lipinski definition) is 0. The summed E-state index contributed by atoms with van der Waals surface area (Å²) >= 11 is 232. The van der Waals surface area contributed by atoms with Crippen LogP contribution in [-0.4, -0.2) is 0 Å². The molecule has 0 atom stereocenters. The molecule has 0 unspecified atom stereocenters. The van der Waals surface area contributed by atoms with E-state index in [1.807, 2.05) is 0 Å². The molecule has 7 aromatic carbocycles. The fraction of sp³-hybridized carbons (Fsp3) is 0.0444. The zero-order valence-corrected chi connectivity index (χ0v) is 60.1. The van der Waals surface area contributed by atoms with Gasteiger partial charge in [0.25, 0.3) is 0 Å². The van der Waals surface area contributed by atoms with Crippen LogP contribution in [0, 0.1) is 5.92 Å². The average molecular weight is 1710 g/mol. The standard InChI is InChI=1S/C45H2Cl33/c46-13-4(1(7-16(49)28(61)40(73)29(62)17(7)50)8-18(51)30(63)41(74)31(64)19(8)52)14(47)6(3(11-24(57)36(69)44(77)37(70)25(11)58)12-26(59)38(71)45(78)39(72)27(12)60)15(48)5(13)2(9-20(53)32(65)42(75)33(66)21(9)54)10-22(55)34(67)43(76)35(68)23(10)56/h1-2H. The molecule has 0 N–H and O–H groups in total. The molecule has 0 aromatic heterocycles. The van der Waals surface area contributed by atoms with Gasteiger partial charge in [-0.2, -0.15) is 0 Å². The predicted molar refractivity (Wildman–Crippen MR) is 353 cm³/mol. The van der Waals surface area contributed by atoms with Gasteiger partial charge >= 0.3 is 0 Å². The summed E-state index contributed by atoms with van der Waals surface area (Å²) in [5, 5.41) is -14.3. The molecule has 0 saturated heterocycles. The molecule has 7 aromatic rings. The molecule has 0 nitrogen and oxygen atoms in total. The maximum atomic E-state index is 7.99. The molecule has 0 saturated carbocycles. The van der Waals surface area contributed by atoms with Crippen LogP contribution in [0.1, 0.15) is 61.9 Å². The quantitative estimate of drug-likeness (QED) is 0.0768. The molecule has 0 heterocycles. The van der Waals surface area contributed by atoms with E-state index in [1.165, 1.54) is 0 Å². The van der Waals surface area contributed by atoms with Crippen molar-refractivity contribution in [3.8, 4) is 0 Å². The zero-order valence-electron chi connectivity index (χ0n) is 35.1. The maximum Gasteiger partial charge on any atom is 0.0809 e. The number of halogens is 33. The van der Waals surface area contributed by atoms with Crippen molar-refractivity contribution in [2.75, 3.05) is 0 Å². The molecule has 33 heteroatoms. The van der Waals surface area contributed by atoms with E-state index in [9.17, 15) is 0 Å². The van der Waals surface area contributed by atoms with Crippen LogP contribution < -0.4 is 0 Å². The normalized spacial score (nSPS) is 12.0. The van der Waals surface area contributed by atoms with Crippen LogP contribution in [0.25, 0.3) is 0 Å². The van der Waals surface area contributed by atoms with Gasteiger partial charge in [0.15, 0.2) is 0 Å². The van der Waals surface area contributed by atoms with Crippen LogP contribution in [0.5, 0.6) is 0 Å². The van der Waals surface area contributed by atoms with E-state index in [1.54, 1.807) is 0 Å². The highest BCUT2D eigenvalue weighted by atomic mass is 35.5. The van der Waals surface area contributed by atoms with Crippen LogP contribution in [0.15, 0.2) is 0 Å². The Hall–Kier alpha value is 4.11. The predicted octanol–water partition coefficient (Wildman–Crippen LogP) is 32.6. The van der Waals surface area contributed by atoms with E-state index < -0.39 is 181 Å². The summed E-state index contributed by atoms with van der Waals surface area (Å²) in [7, 11) is 0. The minimum absolute atomic E-state index is 0.332. The Morgan fingerprint density at radius 3 is 0.410 bits per heavy atom. The fourth-order valence-electron chi connectivity index (χ4n) is 7.82. The van der Waals surface area contributed by atoms with Crippen molar-refractivity contribution in [3.05, 3.63) is 222 Å². The second-order valence-corrected chi connectivity index (χ2v) is 27.7. The summed E-state index contributed by atoms with van der Waals surface area (Å²) in [5.74, 6) is -4.30. The third kappa shape index (κ3) is 11.6. The van der Waals surface area contributed by atoms with Crippen molar-refractivity contribution in [3.63, 3.8) is 0 Å². The Morgan fingerprint density at radius 2 is 0.244 bits per heavy atom. The highest BCUT2D eigenvalue weighted by molar-refractivity contribution is 6.62. The SMILES string of the molecule is Clc1c(Cl)c(Cl)c([C](c2c(Cl)c(Cl)c(Cl)c(Cl)c2Cl)c2c(Cl)c(C(c3c(Cl)c(Cl)c(Cl)c(Cl)c3Cl)c3c(Cl)c(Cl)c(Cl)c(Cl)c3Cl)c(Cl)c(C(c3c(Cl)c(Cl)c(Cl)c(Cl)c3Cl)c3c(Cl)c(Cl)c(Cl)c(Cl)c3Cl)c2Cl)c(Cl)c1Cl. The maximum absolute atomic E-state index is 7.99. The largest absolute Gasteiger partial charge is 0.0836 e. The molecule has 0 aliphatic heterocycles. The van der Waals surface area contributed by atoms with E-state index in [-0.39, 0.29) is 52.4 Å². The van der Waals surface area contributed by atoms with E-state index in [2.05, 4.69) is 0 Å². The number of hydrogen-bond donors (Lipinski definition) is 0. The van der Waals surface area contributed by atoms with Gasteiger partial charge in [0, 0.05) is 61.9 Å². The van der Waals surface area contributed by atoms with Crippen LogP contribution in [-0.2, 0) is 0 Å². The van der Waals surface area contributed by atoms with Crippen LogP contribution >= 0.6 is 383 Å². The van der Waals surface area contributed by atoms with Gasteiger partial charge in [-0.05, 0) is 0 Å². The van der Waals surface area contributed by atoms with Crippen LogP contribution in [0.4, 0.5) is 0 Å². The summed E-state index contributed by atoms with van der Waals surface area (Å²) in [5.41, 5.74) is -3.58. The van der Waals surface area contributed by atoms with Crippen molar-refractivity contribution in [1.29, 1.82) is 0 Å². The first-order valence-electron chi connectivity index (χ1n) is 19.2. The van der Waals surface area contributed by atoms with Crippen LogP contribution in [0.2, 0.25) is 166 Å². The summed E-state index contributed by atoms with van der Waals surface area (Å²) in [6.07, 6.45) is 0. The molecule has 78 heavy (non-hydrogen) atoms. The third-order valence-electron chi connectivity index (χ3n) is 11.3. The second kappa shape index (κ2) is 26.9.